The Morgan fingerprint density at radius 3 is 2.80 bits per heavy atom. The van der Waals surface area contributed by atoms with Gasteiger partial charge in [0.1, 0.15) is 11.5 Å². The lowest BCUT2D eigenvalue weighted by Crippen LogP contribution is -2.14. The molecule has 0 amide bonds. The number of phenolic OH excluding ortho intramolecular Hbond substituents is 2. The number of nitrogens with zero attached hydrogens (tertiary/aromatic N) is 4. The average molecular weight is 341 g/mol. The molecule has 5 N–H and O–H groups in total. The lowest BCUT2D eigenvalue weighted by atomic mass is 10.2. The molecule has 0 saturated heterocycles. The molecule has 0 aliphatic rings. The molecular formula is C11H13BrN6O2. The first-order valence-corrected chi connectivity index (χ1v) is 6.52. The minimum atomic E-state index is -0.0975. The smallest absolute Gasteiger partial charge is 0.263 e. The van der Waals surface area contributed by atoms with Gasteiger partial charge in [-0.15, -0.1) is 10.2 Å². The fourth-order valence-corrected chi connectivity index (χ4v) is 1.83. The van der Waals surface area contributed by atoms with Crippen molar-refractivity contribution in [3.05, 3.63) is 28.0 Å². The summed E-state index contributed by atoms with van der Waals surface area (Å²) in [5.41, 5.74) is 3.04. The number of halogens is 1. The predicted octanol–water partition coefficient (Wildman–Crippen LogP) is 1.17. The van der Waals surface area contributed by atoms with Gasteiger partial charge in [0.25, 0.3) is 5.95 Å². The van der Waals surface area contributed by atoms with Crippen LogP contribution in [0.2, 0.25) is 0 Å². The highest BCUT2D eigenvalue weighted by Crippen LogP contribution is 2.30. The monoisotopic (exact) mass is 340 g/mol. The highest BCUT2D eigenvalue weighted by Gasteiger charge is 2.07. The van der Waals surface area contributed by atoms with E-state index in [0.717, 1.165) is 0 Å². The summed E-state index contributed by atoms with van der Waals surface area (Å²) in [6, 6.07) is 2.74. The predicted molar refractivity (Wildman–Crippen MR) is 78.2 cm³/mol. The van der Waals surface area contributed by atoms with Gasteiger partial charge in [-0.1, -0.05) is 6.92 Å². The van der Waals surface area contributed by atoms with Crippen LogP contribution in [0.1, 0.15) is 18.3 Å². The Bertz CT molecular complexity index is 655. The van der Waals surface area contributed by atoms with Gasteiger partial charge in [-0.05, 0) is 22.0 Å². The Kier molecular flexibility index (Phi) is 4.08. The summed E-state index contributed by atoms with van der Waals surface area (Å²) in [6.45, 7) is 1.91. The second-order valence-electron chi connectivity index (χ2n) is 3.90. The van der Waals surface area contributed by atoms with Crippen molar-refractivity contribution in [3.63, 3.8) is 0 Å². The second kappa shape index (κ2) is 5.78. The quantitative estimate of drug-likeness (QED) is 0.376. The van der Waals surface area contributed by atoms with Gasteiger partial charge >= 0.3 is 0 Å². The first-order valence-electron chi connectivity index (χ1n) is 5.72. The summed E-state index contributed by atoms with van der Waals surface area (Å²) in [5, 5.41) is 30.6. The van der Waals surface area contributed by atoms with Crippen molar-refractivity contribution in [2.24, 2.45) is 5.10 Å². The molecule has 0 spiro atoms. The maximum absolute atomic E-state index is 9.65. The summed E-state index contributed by atoms with van der Waals surface area (Å²) in [7, 11) is 0. The van der Waals surface area contributed by atoms with E-state index in [4.69, 9.17) is 5.84 Å². The van der Waals surface area contributed by atoms with Crippen molar-refractivity contribution in [2.75, 3.05) is 11.3 Å². The molecule has 2 aromatic rings. The van der Waals surface area contributed by atoms with E-state index in [1.54, 1.807) is 0 Å². The standard InChI is InChI=1S/C11H13BrN6O2/c1-2-10-15-17-11(18(10)13)16-14-5-6-3-7(12)9(20)4-8(6)19/h3-5,19-20H,2,13H2,1H3,(H,16,17). The van der Waals surface area contributed by atoms with E-state index in [2.05, 4.69) is 36.7 Å². The number of rotatable bonds is 4. The molecule has 0 fully saturated rings. The van der Waals surface area contributed by atoms with Crippen LogP contribution in [0, 0.1) is 0 Å². The molecule has 0 aliphatic heterocycles. The zero-order valence-corrected chi connectivity index (χ0v) is 12.2. The van der Waals surface area contributed by atoms with Gasteiger partial charge < -0.3 is 16.1 Å². The number of aromatic nitrogens is 3. The van der Waals surface area contributed by atoms with E-state index >= 15 is 0 Å². The Hall–Kier alpha value is -2.29. The van der Waals surface area contributed by atoms with Crippen molar-refractivity contribution in [1.29, 1.82) is 0 Å². The Morgan fingerprint density at radius 2 is 2.15 bits per heavy atom. The molecule has 0 radical (unpaired) electrons. The molecule has 0 bridgehead atoms. The molecule has 20 heavy (non-hydrogen) atoms. The number of phenols is 2. The highest BCUT2D eigenvalue weighted by molar-refractivity contribution is 9.10. The van der Waals surface area contributed by atoms with Crippen LogP contribution < -0.4 is 11.3 Å². The topological polar surface area (TPSA) is 122 Å². The fourth-order valence-electron chi connectivity index (χ4n) is 1.47. The molecule has 106 valence electrons. The number of nitrogens with one attached hydrogen (secondary N) is 1. The first-order chi connectivity index (χ1) is 9.52. The molecule has 0 unspecified atom stereocenters. The summed E-state index contributed by atoms with van der Waals surface area (Å²) >= 11 is 3.15. The van der Waals surface area contributed by atoms with E-state index in [-0.39, 0.29) is 17.4 Å². The van der Waals surface area contributed by atoms with Crippen LogP contribution >= 0.6 is 15.9 Å². The molecular weight excluding hydrogens is 328 g/mol. The SMILES string of the molecule is CCc1nnc(NN=Cc2cc(Br)c(O)cc2O)n1N. The Balaban J connectivity index is 2.14. The maximum atomic E-state index is 9.65. The molecule has 1 heterocycles. The largest absolute Gasteiger partial charge is 0.507 e. The van der Waals surface area contributed by atoms with Gasteiger partial charge in [0.15, 0.2) is 5.82 Å². The third-order valence-corrected chi connectivity index (χ3v) is 3.18. The first kappa shape index (κ1) is 14.1. The number of benzene rings is 1. The Labute approximate surface area is 123 Å². The van der Waals surface area contributed by atoms with Crippen LogP contribution in [0.15, 0.2) is 21.7 Å². The lowest BCUT2D eigenvalue weighted by molar-refractivity contribution is 0.448. The number of aryl methyl sites for hydroxylation is 1. The van der Waals surface area contributed by atoms with E-state index in [0.29, 0.717) is 22.3 Å². The van der Waals surface area contributed by atoms with E-state index in [1.165, 1.54) is 23.0 Å². The molecule has 0 atom stereocenters. The van der Waals surface area contributed by atoms with E-state index < -0.39 is 0 Å². The number of nitrogen functional groups attached to an aromatic ring is 1. The molecule has 1 aromatic heterocycles. The molecule has 8 nitrogen and oxygen atoms in total. The van der Waals surface area contributed by atoms with Gasteiger partial charge in [-0.3, -0.25) is 0 Å². The fraction of sp³-hybridized carbons (Fsp3) is 0.182. The van der Waals surface area contributed by atoms with Crippen LogP contribution in [0.4, 0.5) is 5.95 Å². The van der Waals surface area contributed by atoms with Crippen LogP contribution in [-0.2, 0) is 6.42 Å². The van der Waals surface area contributed by atoms with Crippen LogP contribution in [0.3, 0.4) is 0 Å². The van der Waals surface area contributed by atoms with E-state index in [1.807, 2.05) is 6.92 Å². The summed E-state index contributed by atoms with van der Waals surface area (Å²) in [6.07, 6.45) is 2.03. The molecule has 9 heteroatoms. The third-order valence-electron chi connectivity index (χ3n) is 2.55. The maximum Gasteiger partial charge on any atom is 0.263 e. The van der Waals surface area contributed by atoms with Gasteiger partial charge in [0.05, 0.1) is 10.7 Å². The second-order valence-corrected chi connectivity index (χ2v) is 4.75. The van der Waals surface area contributed by atoms with Crippen molar-refractivity contribution < 1.29 is 10.2 Å². The normalized spacial score (nSPS) is 11.1. The van der Waals surface area contributed by atoms with E-state index in [9.17, 15) is 10.2 Å². The molecule has 0 saturated carbocycles. The average Bonchev–Trinajstić information content (AvgIpc) is 2.76. The zero-order valence-electron chi connectivity index (χ0n) is 10.6. The van der Waals surface area contributed by atoms with Crippen LogP contribution in [-0.4, -0.2) is 31.3 Å². The number of hydrogen-bond acceptors (Lipinski definition) is 7. The van der Waals surface area contributed by atoms with Crippen molar-refractivity contribution in [3.8, 4) is 11.5 Å². The molecule has 1 aromatic carbocycles. The van der Waals surface area contributed by atoms with Gasteiger partial charge in [-0.2, -0.15) is 5.10 Å². The van der Waals surface area contributed by atoms with Gasteiger partial charge in [-0.25, -0.2) is 10.1 Å². The summed E-state index contributed by atoms with van der Waals surface area (Å²) in [4.78, 5) is 0. The molecule has 2 rings (SSSR count). The van der Waals surface area contributed by atoms with Crippen LogP contribution in [0.5, 0.6) is 11.5 Å². The van der Waals surface area contributed by atoms with Gasteiger partial charge in [0, 0.05) is 18.1 Å². The Morgan fingerprint density at radius 1 is 1.40 bits per heavy atom. The lowest BCUT2D eigenvalue weighted by Gasteiger charge is -2.03. The third kappa shape index (κ3) is 2.82. The highest BCUT2D eigenvalue weighted by atomic mass is 79.9. The number of anilines is 1. The summed E-state index contributed by atoms with van der Waals surface area (Å²) in [5.74, 6) is 6.49. The van der Waals surface area contributed by atoms with Crippen molar-refractivity contribution in [1.82, 2.24) is 14.9 Å². The summed E-state index contributed by atoms with van der Waals surface area (Å²) < 4.78 is 1.75. The number of aromatic hydroxyl groups is 2. The minimum absolute atomic E-state index is 0.0538. The number of nitrogens with two attached hydrogens (primary N) is 1. The molecule has 0 aliphatic carbocycles. The van der Waals surface area contributed by atoms with Crippen molar-refractivity contribution in [2.45, 2.75) is 13.3 Å². The minimum Gasteiger partial charge on any atom is -0.507 e. The van der Waals surface area contributed by atoms with Gasteiger partial charge in [0.2, 0.25) is 0 Å². The number of hydrazone groups is 1. The number of hydrogen-bond donors (Lipinski definition) is 4. The van der Waals surface area contributed by atoms with Crippen LogP contribution in [0.25, 0.3) is 0 Å². The zero-order chi connectivity index (χ0) is 14.7. The van der Waals surface area contributed by atoms with Crippen molar-refractivity contribution >= 4 is 28.1 Å².